The van der Waals surface area contributed by atoms with Gasteiger partial charge in [-0.3, -0.25) is 4.79 Å². The minimum Gasteiger partial charge on any atom is -0.397 e. The number of ether oxygens (including phenoxy) is 1. The van der Waals surface area contributed by atoms with Crippen LogP contribution in [-0.2, 0) is 9.53 Å². The van der Waals surface area contributed by atoms with Crippen molar-refractivity contribution in [2.45, 2.75) is 6.42 Å². The molecule has 0 bridgehead atoms. The highest BCUT2D eigenvalue weighted by Crippen LogP contribution is 2.25. The van der Waals surface area contributed by atoms with Crippen LogP contribution in [0, 0.1) is 17.6 Å². The molecule has 0 aromatic heterocycles. The first-order valence-electron chi connectivity index (χ1n) is 5.21. The quantitative estimate of drug-likeness (QED) is 0.773. The number of nitrogens with two attached hydrogens (primary N) is 1. The van der Waals surface area contributed by atoms with Crippen LogP contribution in [0.15, 0.2) is 12.1 Å². The standard InChI is InChI=1S/C11H12F2N2O2/c12-7-3-8(13)10(9(14)4-7)15-11(16)6-1-2-17-5-6/h3-4,6H,1-2,5,14H2,(H,15,16). The van der Waals surface area contributed by atoms with Crippen LogP contribution in [-0.4, -0.2) is 19.1 Å². The molecular weight excluding hydrogens is 230 g/mol. The second-order valence-electron chi connectivity index (χ2n) is 3.90. The Bertz CT molecular complexity index is 422. The Hall–Kier alpha value is -1.69. The summed E-state index contributed by atoms with van der Waals surface area (Å²) in [6.45, 7) is 0.827. The van der Waals surface area contributed by atoms with Crippen molar-refractivity contribution in [3.63, 3.8) is 0 Å². The second kappa shape index (κ2) is 4.67. The number of carbonyl (C=O) groups excluding carboxylic acids is 1. The smallest absolute Gasteiger partial charge is 0.230 e. The molecule has 6 heteroatoms. The third-order valence-corrected chi connectivity index (χ3v) is 2.63. The molecule has 1 aliphatic heterocycles. The zero-order valence-electron chi connectivity index (χ0n) is 9.00. The fourth-order valence-electron chi connectivity index (χ4n) is 1.69. The first-order valence-corrected chi connectivity index (χ1v) is 5.21. The molecule has 0 radical (unpaired) electrons. The van der Waals surface area contributed by atoms with Gasteiger partial charge in [0.25, 0.3) is 0 Å². The van der Waals surface area contributed by atoms with Crippen LogP contribution in [0.2, 0.25) is 0 Å². The third kappa shape index (κ3) is 2.52. The van der Waals surface area contributed by atoms with Gasteiger partial charge < -0.3 is 15.8 Å². The van der Waals surface area contributed by atoms with Gasteiger partial charge in [-0.25, -0.2) is 8.78 Å². The molecule has 1 heterocycles. The Balaban J connectivity index is 2.15. The van der Waals surface area contributed by atoms with E-state index in [4.69, 9.17) is 10.5 Å². The van der Waals surface area contributed by atoms with Gasteiger partial charge in [-0.05, 0) is 12.5 Å². The average Bonchev–Trinajstić information content (AvgIpc) is 2.76. The highest BCUT2D eigenvalue weighted by atomic mass is 19.1. The number of anilines is 2. The monoisotopic (exact) mass is 242 g/mol. The van der Waals surface area contributed by atoms with Gasteiger partial charge in [0.15, 0.2) is 5.82 Å². The van der Waals surface area contributed by atoms with Gasteiger partial charge in [0.1, 0.15) is 11.5 Å². The van der Waals surface area contributed by atoms with E-state index in [1.165, 1.54) is 0 Å². The molecule has 0 aliphatic carbocycles. The Morgan fingerprint density at radius 1 is 1.47 bits per heavy atom. The number of nitrogen functional groups attached to an aromatic ring is 1. The third-order valence-electron chi connectivity index (χ3n) is 2.63. The van der Waals surface area contributed by atoms with Crippen LogP contribution in [0.3, 0.4) is 0 Å². The molecule has 0 saturated carbocycles. The molecule has 1 aliphatic rings. The molecular formula is C11H12F2N2O2. The summed E-state index contributed by atoms with van der Waals surface area (Å²) >= 11 is 0. The lowest BCUT2D eigenvalue weighted by atomic mass is 10.1. The maximum Gasteiger partial charge on any atom is 0.230 e. The molecule has 1 aromatic carbocycles. The summed E-state index contributed by atoms with van der Waals surface area (Å²) in [6.07, 6.45) is 0.592. The van der Waals surface area contributed by atoms with Crippen LogP contribution in [0.4, 0.5) is 20.2 Å². The van der Waals surface area contributed by atoms with Gasteiger partial charge in [0, 0.05) is 12.7 Å². The lowest BCUT2D eigenvalue weighted by Gasteiger charge is -2.12. The van der Waals surface area contributed by atoms with E-state index in [-0.39, 0.29) is 23.2 Å². The van der Waals surface area contributed by atoms with Crippen LogP contribution < -0.4 is 11.1 Å². The van der Waals surface area contributed by atoms with Crippen LogP contribution >= 0.6 is 0 Å². The summed E-state index contributed by atoms with van der Waals surface area (Å²) in [5.74, 6) is -2.32. The summed E-state index contributed by atoms with van der Waals surface area (Å²) in [5.41, 5.74) is 5.14. The van der Waals surface area contributed by atoms with Crippen molar-refractivity contribution in [1.82, 2.24) is 0 Å². The summed E-state index contributed by atoms with van der Waals surface area (Å²) in [6, 6.07) is 1.64. The molecule has 1 aromatic rings. The molecule has 3 N–H and O–H groups in total. The first kappa shape index (κ1) is 11.8. The molecule has 0 spiro atoms. The fraction of sp³-hybridized carbons (Fsp3) is 0.364. The zero-order valence-corrected chi connectivity index (χ0v) is 9.00. The van der Waals surface area contributed by atoms with Gasteiger partial charge in [0.05, 0.1) is 18.2 Å². The van der Waals surface area contributed by atoms with Crippen LogP contribution in [0.1, 0.15) is 6.42 Å². The molecule has 2 rings (SSSR count). The highest BCUT2D eigenvalue weighted by Gasteiger charge is 2.25. The molecule has 1 unspecified atom stereocenters. The summed E-state index contributed by atoms with van der Waals surface area (Å²) in [5, 5.41) is 2.36. The van der Waals surface area contributed by atoms with E-state index < -0.39 is 11.6 Å². The van der Waals surface area contributed by atoms with Crippen molar-refractivity contribution < 1.29 is 18.3 Å². The van der Waals surface area contributed by atoms with Crippen LogP contribution in [0.25, 0.3) is 0 Å². The maximum atomic E-state index is 13.4. The van der Waals surface area contributed by atoms with Crippen molar-refractivity contribution in [1.29, 1.82) is 0 Å². The van der Waals surface area contributed by atoms with E-state index in [2.05, 4.69) is 5.32 Å². The van der Waals surface area contributed by atoms with Gasteiger partial charge >= 0.3 is 0 Å². The number of carbonyl (C=O) groups is 1. The number of rotatable bonds is 2. The van der Waals surface area contributed by atoms with Gasteiger partial charge in [-0.1, -0.05) is 0 Å². The number of hydrogen-bond donors (Lipinski definition) is 2. The molecule has 17 heavy (non-hydrogen) atoms. The predicted molar refractivity (Wildman–Crippen MR) is 58.3 cm³/mol. The Morgan fingerprint density at radius 2 is 2.24 bits per heavy atom. The minimum atomic E-state index is -0.880. The largest absolute Gasteiger partial charge is 0.397 e. The Labute approximate surface area is 96.7 Å². The normalized spacial score (nSPS) is 19.3. The lowest BCUT2D eigenvalue weighted by Crippen LogP contribution is -2.24. The molecule has 92 valence electrons. The SMILES string of the molecule is Nc1cc(F)cc(F)c1NC(=O)C1CCOC1. The van der Waals surface area contributed by atoms with Crippen molar-refractivity contribution >= 4 is 17.3 Å². The molecule has 1 amide bonds. The Kier molecular flexibility index (Phi) is 3.23. The highest BCUT2D eigenvalue weighted by molar-refractivity contribution is 5.95. The number of amides is 1. The zero-order chi connectivity index (χ0) is 12.4. The van der Waals surface area contributed by atoms with Crippen molar-refractivity contribution in [2.24, 2.45) is 5.92 Å². The number of benzene rings is 1. The van der Waals surface area contributed by atoms with Gasteiger partial charge in [-0.15, -0.1) is 0 Å². The van der Waals surface area contributed by atoms with E-state index >= 15 is 0 Å². The van der Waals surface area contributed by atoms with E-state index in [0.29, 0.717) is 25.7 Å². The van der Waals surface area contributed by atoms with Crippen molar-refractivity contribution in [2.75, 3.05) is 24.3 Å². The van der Waals surface area contributed by atoms with E-state index in [0.717, 1.165) is 6.07 Å². The van der Waals surface area contributed by atoms with E-state index in [1.807, 2.05) is 0 Å². The summed E-state index contributed by atoms with van der Waals surface area (Å²) in [4.78, 5) is 11.7. The fourth-order valence-corrected chi connectivity index (χ4v) is 1.69. The molecule has 1 fully saturated rings. The van der Waals surface area contributed by atoms with E-state index in [1.54, 1.807) is 0 Å². The topological polar surface area (TPSA) is 64.3 Å². The number of halogens is 2. The van der Waals surface area contributed by atoms with Crippen molar-refractivity contribution in [3.05, 3.63) is 23.8 Å². The average molecular weight is 242 g/mol. The molecule has 1 atom stereocenters. The molecule has 4 nitrogen and oxygen atoms in total. The minimum absolute atomic E-state index is 0.130. The van der Waals surface area contributed by atoms with Gasteiger partial charge in [-0.2, -0.15) is 0 Å². The molecule has 1 saturated heterocycles. The summed E-state index contributed by atoms with van der Waals surface area (Å²) < 4.78 is 31.2. The van der Waals surface area contributed by atoms with Crippen LogP contribution in [0.5, 0.6) is 0 Å². The first-order chi connectivity index (χ1) is 8.08. The van der Waals surface area contributed by atoms with Crippen molar-refractivity contribution in [3.8, 4) is 0 Å². The lowest BCUT2D eigenvalue weighted by molar-refractivity contribution is -0.119. The van der Waals surface area contributed by atoms with E-state index in [9.17, 15) is 13.6 Å². The maximum absolute atomic E-state index is 13.4. The summed E-state index contributed by atoms with van der Waals surface area (Å²) in [7, 11) is 0. The predicted octanol–water partition coefficient (Wildman–Crippen LogP) is 1.52. The number of nitrogens with one attached hydrogen (secondary N) is 1. The number of hydrogen-bond acceptors (Lipinski definition) is 3. The van der Waals surface area contributed by atoms with Gasteiger partial charge in [0.2, 0.25) is 5.91 Å². The second-order valence-corrected chi connectivity index (χ2v) is 3.90. The Morgan fingerprint density at radius 3 is 2.82 bits per heavy atom.